The molecule has 1 fully saturated rings. The molecular formula is C17H28N2O2. The van der Waals surface area contributed by atoms with Gasteiger partial charge in [-0.2, -0.15) is 0 Å². The van der Waals surface area contributed by atoms with Crippen molar-refractivity contribution < 1.29 is 9.47 Å². The molecule has 0 aromatic heterocycles. The van der Waals surface area contributed by atoms with E-state index in [-0.39, 0.29) is 0 Å². The molecule has 0 saturated heterocycles. The number of rotatable bonds is 8. The SMILES string of the molecule is COc1ccccc1OCCNCC1(N(C)C)CCCC1. The largest absolute Gasteiger partial charge is 0.493 e. The van der Waals surface area contributed by atoms with Gasteiger partial charge >= 0.3 is 0 Å². The first-order valence-corrected chi connectivity index (χ1v) is 7.82. The minimum atomic E-state index is 0.338. The third kappa shape index (κ3) is 4.11. The molecule has 118 valence electrons. The van der Waals surface area contributed by atoms with Crippen molar-refractivity contribution >= 4 is 0 Å². The van der Waals surface area contributed by atoms with E-state index >= 15 is 0 Å². The van der Waals surface area contributed by atoms with Gasteiger partial charge in [-0.25, -0.2) is 0 Å². The highest BCUT2D eigenvalue weighted by Gasteiger charge is 2.35. The standard InChI is InChI=1S/C17H28N2O2/c1-19(2)17(10-6-7-11-17)14-18-12-13-21-16-9-5-4-8-15(16)20-3/h4-5,8-9,18H,6-7,10-14H2,1-3H3. The molecule has 4 heteroatoms. The lowest BCUT2D eigenvalue weighted by Crippen LogP contribution is -2.50. The Kier molecular flexibility index (Phi) is 5.88. The van der Waals surface area contributed by atoms with Crippen molar-refractivity contribution in [3.63, 3.8) is 0 Å². The zero-order valence-corrected chi connectivity index (χ0v) is 13.5. The first-order valence-electron chi connectivity index (χ1n) is 7.82. The van der Waals surface area contributed by atoms with Crippen LogP contribution < -0.4 is 14.8 Å². The Balaban J connectivity index is 1.72. The Labute approximate surface area is 128 Å². The van der Waals surface area contributed by atoms with Crippen LogP contribution in [0, 0.1) is 0 Å². The normalized spacial score (nSPS) is 17.1. The van der Waals surface area contributed by atoms with Gasteiger partial charge in [-0.15, -0.1) is 0 Å². The van der Waals surface area contributed by atoms with Crippen molar-refractivity contribution in [3.8, 4) is 11.5 Å². The number of nitrogens with one attached hydrogen (secondary N) is 1. The van der Waals surface area contributed by atoms with Gasteiger partial charge in [0.1, 0.15) is 6.61 Å². The molecule has 0 atom stereocenters. The fraction of sp³-hybridized carbons (Fsp3) is 0.647. The molecule has 2 rings (SSSR count). The van der Waals surface area contributed by atoms with Crippen molar-refractivity contribution in [2.75, 3.05) is 40.9 Å². The average Bonchev–Trinajstić information content (AvgIpc) is 2.97. The summed E-state index contributed by atoms with van der Waals surface area (Å²) in [7, 11) is 6.05. The number of hydrogen-bond acceptors (Lipinski definition) is 4. The first kappa shape index (κ1) is 16.1. The zero-order chi connectivity index (χ0) is 15.1. The summed E-state index contributed by atoms with van der Waals surface area (Å²) in [6.45, 7) is 2.55. The van der Waals surface area contributed by atoms with E-state index in [1.165, 1.54) is 25.7 Å². The van der Waals surface area contributed by atoms with Gasteiger partial charge in [-0.3, -0.25) is 0 Å². The van der Waals surface area contributed by atoms with E-state index in [9.17, 15) is 0 Å². The first-order chi connectivity index (χ1) is 10.2. The predicted molar refractivity (Wildman–Crippen MR) is 86.2 cm³/mol. The Morgan fingerprint density at radius 2 is 1.81 bits per heavy atom. The molecule has 0 unspecified atom stereocenters. The maximum Gasteiger partial charge on any atom is 0.161 e. The summed E-state index contributed by atoms with van der Waals surface area (Å²) >= 11 is 0. The van der Waals surface area contributed by atoms with Gasteiger partial charge in [-0.1, -0.05) is 25.0 Å². The van der Waals surface area contributed by atoms with E-state index in [4.69, 9.17) is 9.47 Å². The summed E-state index contributed by atoms with van der Waals surface area (Å²) in [6, 6.07) is 7.77. The third-order valence-electron chi connectivity index (χ3n) is 4.54. The Morgan fingerprint density at radius 3 is 2.43 bits per heavy atom. The third-order valence-corrected chi connectivity index (χ3v) is 4.54. The number of nitrogens with zero attached hydrogens (tertiary/aromatic N) is 1. The molecule has 1 saturated carbocycles. The van der Waals surface area contributed by atoms with Gasteiger partial charge in [0.15, 0.2) is 11.5 Å². The molecule has 21 heavy (non-hydrogen) atoms. The molecule has 0 radical (unpaired) electrons. The summed E-state index contributed by atoms with van der Waals surface area (Å²) in [4.78, 5) is 2.38. The highest BCUT2D eigenvalue weighted by atomic mass is 16.5. The number of likely N-dealkylation sites (N-methyl/N-ethyl adjacent to an activating group) is 1. The summed E-state index contributed by atoms with van der Waals surface area (Å²) in [5, 5.41) is 3.55. The monoisotopic (exact) mass is 292 g/mol. The van der Waals surface area contributed by atoms with Crippen LogP contribution in [0.1, 0.15) is 25.7 Å². The molecular weight excluding hydrogens is 264 g/mol. The van der Waals surface area contributed by atoms with Crippen LogP contribution in [-0.4, -0.2) is 51.3 Å². The molecule has 1 aromatic carbocycles. The minimum absolute atomic E-state index is 0.338. The van der Waals surface area contributed by atoms with Gasteiger partial charge in [0.25, 0.3) is 0 Å². The second-order valence-electron chi connectivity index (χ2n) is 6.00. The van der Waals surface area contributed by atoms with Crippen LogP contribution in [0.25, 0.3) is 0 Å². The van der Waals surface area contributed by atoms with Crippen LogP contribution in [0.15, 0.2) is 24.3 Å². The summed E-state index contributed by atoms with van der Waals surface area (Å²) in [5.41, 5.74) is 0.338. The molecule has 0 amide bonds. The maximum absolute atomic E-state index is 5.79. The topological polar surface area (TPSA) is 33.7 Å². The molecule has 0 bridgehead atoms. The number of para-hydroxylation sites is 2. The second kappa shape index (κ2) is 7.66. The molecule has 0 heterocycles. The lowest BCUT2D eigenvalue weighted by Gasteiger charge is -2.36. The van der Waals surface area contributed by atoms with E-state index in [1.807, 2.05) is 24.3 Å². The lowest BCUT2D eigenvalue weighted by atomic mass is 9.96. The highest BCUT2D eigenvalue weighted by Crippen LogP contribution is 2.33. The van der Waals surface area contributed by atoms with Gasteiger partial charge in [0.2, 0.25) is 0 Å². The molecule has 1 aliphatic rings. The molecule has 0 aliphatic heterocycles. The average molecular weight is 292 g/mol. The van der Waals surface area contributed by atoms with Gasteiger partial charge < -0.3 is 19.7 Å². The number of methoxy groups -OCH3 is 1. The van der Waals surface area contributed by atoms with Gasteiger partial charge in [-0.05, 0) is 39.1 Å². The van der Waals surface area contributed by atoms with Gasteiger partial charge in [0, 0.05) is 18.6 Å². The van der Waals surface area contributed by atoms with Crippen LogP contribution in [0.5, 0.6) is 11.5 Å². The summed E-state index contributed by atoms with van der Waals surface area (Å²) in [5.74, 6) is 1.60. The van der Waals surface area contributed by atoms with Crippen molar-refractivity contribution in [1.29, 1.82) is 0 Å². The highest BCUT2D eigenvalue weighted by molar-refractivity contribution is 5.39. The van der Waals surface area contributed by atoms with E-state index in [1.54, 1.807) is 7.11 Å². The van der Waals surface area contributed by atoms with Crippen molar-refractivity contribution in [2.45, 2.75) is 31.2 Å². The minimum Gasteiger partial charge on any atom is -0.493 e. The van der Waals surface area contributed by atoms with Gasteiger partial charge in [0.05, 0.1) is 7.11 Å². The Bertz CT molecular complexity index is 429. The fourth-order valence-electron chi connectivity index (χ4n) is 3.11. The van der Waals surface area contributed by atoms with E-state index in [0.717, 1.165) is 24.6 Å². The van der Waals surface area contributed by atoms with Crippen LogP contribution in [0.2, 0.25) is 0 Å². The van der Waals surface area contributed by atoms with Crippen LogP contribution in [-0.2, 0) is 0 Å². The van der Waals surface area contributed by atoms with Crippen LogP contribution >= 0.6 is 0 Å². The quantitative estimate of drug-likeness (QED) is 0.747. The Hall–Kier alpha value is -1.26. The van der Waals surface area contributed by atoms with Crippen LogP contribution in [0.4, 0.5) is 0 Å². The molecule has 0 spiro atoms. The predicted octanol–water partition coefficient (Wildman–Crippen LogP) is 2.54. The maximum atomic E-state index is 5.79. The smallest absolute Gasteiger partial charge is 0.161 e. The molecule has 4 nitrogen and oxygen atoms in total. The van der Waals surface area contributed by atoms with Crippen molar-refractivity contribution in [1.82, 2.24) is 10.2 Å². The summed E-state index contributed by atoms with van der Waals surface area (Å²) < 4.78 is 11.1. The molecule has 1 aromatic rings. The van der Waals surface area contributed by atoms with E-state index in [0.29, 0.717) is 12.1 Å². The zero-order valence-electron chi connectivity index (χ0n) is 13.5. The summed E-state index contributed by atoms with van der Waals surface area (Å²) in [6.07, 6.45) is 5.27. The number of ether oxygens (including phenoxy) is 2. The van der Waals surface area contributed by atoms with Crippen molar-refractivity contribution in [2.24, 2.45) is 0 Å². The Morgan fingerprint density at radius 1 is 1.14 bits per heavy atom. The van der Waals surface area contributed by atoms with E-state index in [2.05, 4.69) is 24.3 Å². The molecule has 1 aliphatic carbocycles. The second-order valence-corrected chi connectivity index (χ2v) is 6.00. The number of benzene rings is 1. The van der Waals surface area contributed by atoms with E-state index < -0.39 is 0 Å². The lowest BCUT2D eigenvalue weighted by molar-refractivity contribution is 0.151. The molecule has 1 N–H and O–H groups in total. The van der Waals surface area contributed by atoms with Crippen molar-refractivity contribution in [3.05, 3.63) is 24.3 Å². The number of hydrogen-bond donors (Lipinski definition) is 1. The fourth-order valence-corrected chi connectivity index (χ4v) is 3.11. The van der Waals surface area contributed by atoms with Crippen LogP contribution in [0.3, 0.4) is 0 Å².